The van der Waals surface area contributed by atoms with Crippen molar-refractivity contribution in [3.05, 3.63) is 89.7 Å². The quantitative estimate of drug-likeness (QED) is 0.533. The standard InChI is InChI=1S/C24H25FN2O4S/c1-18-3-9-21(10-4-18)27(32(29,30)23-13-7-20(25)8-14-23)17-24(28)26-16-15-19-5-11-22(31-2)12-6-19/h3-14H,15-17H2,1-2H3,(H,26,28). The number of nitrogens with one attached hydrogen (secondary N) is 1. The van der Waals surface area contributed by atoms with Crippen LogP contribution in [0, 0.1) is 12.7 Å². The van der Waals surface area contributed by atoms with Gasteiger partial charge in [0.05, 0.1) is 17.7 Å². The third kappa shape index (κ3) is 5.85. The van der Waals surface area contributed by atoms with Gasteiger partial charge in [-0.05, 0) is 67.4 Å². The minimum atomic E-state index is -4.07. The maximum Gasteiger partial charge on any atom is 0.264 e. The van der Waals surface area contributed by atoms with Crippen LogP contribution in [-0.4, -0.2) is 34.5 Å². The van der Waals surface area contributed by atoms with Gasteiger partial charge in [-0.15, -0.1) is 0 Å². The highest BCUT2D eigenvalue weighted by Crippen LogP contribution is 2.24. The summed E-state index contributed by atoms with van der Waals surface area (Å²) in [7, 11) is -2.48. The van der Waals surface area contributed by atoms with Crippen molar-refractivity contribution in [3.8, 4) is 5.75 Å². The van der Waals surface area contributed by atoms with Crippen LogP contribution < -0.4 is 14.4 Å². The highest BCUT2D eigenvalue weighted by molar-refractivity contribution is 7.92. The van der Waals surface area contributed by atoms with Crippen LogP contribution in [0.15, 0.2) is 77.7 Å². The number of benzene rings is 3. The Kier molecular flexibility index (Phi) is 7.48. The molecule has 0 aliphatic carbocycles. The normalized spacial score (nSPS) is 11.1. The molecule has 0 saturated heterocycles. The second-order valence-electron chi connectivity index (χ2n) is 7.25. The van der Waals surface area contributed by atoms with Gasteiger partial charge in [0.1, 0.15) is 18.1 Å². The van der Waals surface area contributed by atoms with E-state index in [9.17, 15) is 17.6 Å². The van der Waals surface area contributed by atoms with Crippen molar-refractivity contribution in [1.82, 2.24) is 5.32 Å². The molecule has 6 nitrogen and oxygen atoms in total. The summed E-state index contributed by atoms with van der Waals surface area (Å²) in [6.45, 7) is 1.84. The molecular weight excluding hydrogens is 431 g/mol. The van der Waals surface area contributed by atoms with E-state index in [1.807, 2.05) is 31.2 Å². The summed E-state index contributed by atoms with van der Waals surface area (Å²) < 4.78 is 45.9. The first-order chi connectivity index (χ1) is 15.3. The minimum Gasteiger partial charge on any atom is -0.497 e. The molecular formula is C24H25FN2O4S. The molecule has 3 aromatic carbocycles. The predicted octanol–water partition coefficient (Wildman–Crippen LogP) is 3.70. The van der Waals surface area contributed by atoms with Crippen LogP contribution in [0.25, 0.3) is 0 Å². The first-order valence-electron chi connectivity index (χ1n) is 10.0. The smallest absolute Gasteiger partial charge is 0.264 e. The molecule has 0 atom stereocenters. The van der Waals surface area contributed by atoms with Gasteiger partial charge in [0.25, 0.3) is 10.0 Å². The summed E-state index contributed by atoms with van der Waals surface area (Å²) in [5.74, 6) is -0.232. The Balaban J connectivity index is 1.73. The van der Waals surface area contributed by atoms with Gasteiger partial charge < -0.3 is 10.1 Å². The van der Waals surface area contributed by atoms with E-state index in [1.165, 1.54) is 12.1 Å². The zero-order valence-electron chi connectivity index (χ0n) is 17.9. The van der Waals surface area contributed by atoms with E-state index in [2.05, 4.69) is 5.32 Å². The highest BCUT2D eigenvalue weighted by Gasteiger charge is 2.27. The van der Waals surface area contributed by atoms with Crippen LogP contribution in [0.3, 0.4) is 0 Å². The number of rotatable bonds is 9. The molecule has 0 unspecified atom stereocenters. The lowest BCUT2D eigenvalue weighted by molar-refractivity contribution is -0.119. The van der Waals surface area contributed by atoms with Crippen molar-refractivity contribution < 1.29 is 22.3 Å². The van der Waals surface area contributed by atoms with Gasteiger partial charge >= 0.3 is 0 Å². The van der Waals surface area contributed by atoms with Gasteiger partial charge in [0.15, 0.2) is 0 Å². The summed E-state index contributed by atoms with van der Waals surface area (Å²) in [4.78, 5) is 12.5. The third-order valence-electron chi connectivity index (χ3n) is 4.91. The molecule has 0 aliphatic heterocycles. The molecule has 0 radical (unpaired) electrons. The number of aryl methyl sites for hydroxylation is 1. The number of hydrogen-bond donors (Lipinski definition) is 1. The van der Waals surface area contributed by atoms with E-state index in [0.717, 1.165) is 33.3 Å². The van der Waals surface area contributed by atoms with Crippen molar-refractivity contribution in [1.29, 1.82) is 0 Å². The van der Waals surface area contributed by atoms with Gasteiger partial charge in [-0.25, -0.2) is 12.8 Å². The van der Waals surface area contributed by atoms with Crippen LogP contribution >= 0.6 is 0 Å². The molecule has 0 aliphatic rings. The molecule has 1 N–H and O–H groups in total. The van der Waals surface area contributed by atoms with E-state index in [4.69, 9.17) is 4.74 Å². The van der Waals surface area contributed by atoms with Gasteiger partial charge in [-0.3, -0.25) is 9.10 Å². The topological polar surface area (TPSA) is 75.7 Å². The summed E-state index contributed by atoms with van der Waals surface area (Å²) in [5.41, 5.74) is 2.32. The van der Waals surface area contributed by atoms with Gasteiger partial charge in [-0.2, -0.15) is 0 Å². The number of anilines is 1. The molecule has 1 amide bonds. The van der Waals surface area contributed by atoms with Crippen LogP contribution in [0.5, 0.6) is 5.75 Å². The average molecular weight is 457 g/mol. The van der Waals surface area contributed by atoms with Crippen LogP contribution in [0.1, 0.15) is 11.1 Å². The number of nitrogens with zero attached hydrogens (tertiary/aromatic N) is 1. The zero-order chi connectivity index (χ0) is 23.1. The van der Waals surface area contributed by atoms with Crippen LogP contribution in [0.2, 0.25) is 0 Å². The highest BCUT2D eigenvalue weighted by atomic mass is 32.2. The number of sulfonamides is 1. The molecule has 32 heavy (non-hydrogen) atoms. The Hall–Kier alpha value is -3.39. The van der Waals surface area contributed by atoms with E-state index in [1.54, 1.807) is 31.4 Å². The van der Waals surface area contributed by atoms with E-state index in [0.29, 0.717) is 18.7 Å². The molecule has 168 valence electrons. The number of carbonyl (C=O) groups is 1. The SMILES string of the molecule is COc1ccc(CCNC(=O)CN(c2ccc(C)cc2)S(=O)(=O)c2ccc(F)cc2)cc1. The fourth-order valence-electron chi connectivity index (χ4n) is 3.08. The Morgan fingerprint density at radius 2 is 1.59 bits per heavy atom. The number of methoxy groups -OCH3 is 1. The van der Waals surface area contributed by atoms with Crippen LogP contribution in [0.4, 0.5) is 10.1 Å². The molecule has 0 fully saturated rings. The lowest BCUT2D eigenvalue weighted by Crippen LogP contribution is -2.41. The molecule has 0 heterocycles. The Labute approximate surface area is 187 Å². The molecule has 0 spiro atoms. The summed E-state index contributed by atoms with van der Waals surface area (Å²) in [6.07, 6.45) is 0.588. The molecule has 0 bridgehead atoms. The fourth-order valence-corrected chi connectivity index (χ4v) is 4.51. The van der Waals surface area contributed by atoms with Crippen molar-refractivity contribution in [2.75, 3.05) is 24.5 Å². The number of amides is 1. The number of hydrogen-bond acceptors (Lipinski definition) is 4. The first-order valence-corrected chi connectivity index (χ1v) is 11.5. The number of carbonyl (C=O) groups excluding carboxylic acids is 1. The molecule has 0 aromatic heterocycles. The number of ether oxygens (including phenoxy) is 1. The van der Waals surface area contributed by atoms with Gasteiger partial charge in [0, 0.05) is 6.54 Å². The van der Waals surface area contributed by atoms with Crippen molar-refractivity contribution >= 4 is 21.6 Å². The Bertz CT molecular complexity index is 1150. The van der Waals surface area contributed by atoms with Crippen LogP contribution in [-0.2, 0) is 21.2 Å². The molecule has 3 rings (SSSR count). The maximum atomic E-state index is 13.3. The van der Waals surface area contributed by atoms with E-state index in [-0.39, 0.29) is 4.90 Å². The van der Waals surface area contributed by atoms with Gasteiger partial charge in [-0.1, -0.05) is 29.8 Å². The number of halogens is 1. The van der Waals surface area contributed by atoms with Gasteiger partial charge in [0.2, 0.25) is 5.91 Å². The Morgan fingerprint density at radius 1 is 0.969 bits per heavy atom. The monoisotopic (exact) mass is 456 g/mol. The Morgan fingerprint density at radius 3 is 2.19 bits per heavy atom. The minimum absolute atomic E-state index is 0.0921. The summed E-state index contributed by atoms with van der Waals surface area (Å²) in [6, 6.07) is 18.8. The van der Waals surface area contributed by atoms with Crippen molar-refractivity contribution in [2.45, 2.75) is 18.2 Å². The molecule has 3 aromatic rings. The lowest BCUT2D eigenvalue weighted by atomic mass is 10.1. The second kappa shape index (κ2) is 10.3. The van der Waals surface area contributed by atoms with E-state index < -0.39 is 28.3 Å². The first kappa shape index (κ1) is 23.3. The second-order valence-corrected chi connectivity index (χ2v) is 9.11. The summed E-state index contributed by atoms with van der Waals surface area (Å²) >= 11 is 0. The summed E-state index contributed by atoms with van der Waals surface area (Å²) in [5, 5.41) is 2.77. The van der Waals surface area contributed by atoms with Crippen molar-refractivity contribution in [3.63, 3.8) is 0 Å². The van der Waals surface area contributed by atoms with Crippen molar-refractivity contribution in [2.24, 2.45) is 0 Å². The average Bonchev–Trinajstić information content (AvgIpc) is 2.79. The zero-order valence-corrected chi connectivity index (χ0v) is 18.7. The molecule has 0 saturated carbocycles. The fraction of sp³-hybridized carbons (Fsp3) is 0.208. The predicted molar refractivity (Wildman–Crippen MR) is 122 cm³/mol. The van der Waals surface area contributed by atoms with E-state index >= 15 is 0 Å². The molecule has 8 heteroatoms. The maximum absolute atomic E-state index is 13.3. The largest absolute Gasteiger partial charge is 0.497 e. The third-order valence-corrected chi connectivity index (χ3v) is 6.69. The lowest BCUT2D eigenvalue weighted by Gasteiger charge is -2.24.